The van der Waals surface area contributed by atoms with E-state index in [1.807, 2.05) is 0 Å². The van der Waals surface area contributed by atoms with Crippen LogP contribution in [0.15, 0.2) is 28.7 Å². The third kappa shape index (κ3) is 2.08. The van der Waals surface area contributed by atoms with Gasteiger partial charge in [0.25, 0.3) is 0 Å². The van der Waals surface area contributed by atoms with Crippen LogP contribution < -0.4 is 10.8 Å². The van der Waals surface area contributed by atoms with Crippen molar-refractivity contribution in [3.05, 3.63) is 34.3 Å². The van der Waals surface area contributed by atoms with E-state index in [1.165, 1.54) is 6.92 Å². The minimum atomic E-state index is -1.18. The minimum absolute atomic E-state index is 0.635. The molecule has 0 aromatic heterocycles. The van der Waals surface area contributed by atoms with Gasteiger partial charge in [0.2, 0.25) is 0 Å². The summed E-state index contributed by atoms with van der Waals surface area (Å²) in [6.45, 7) is 1.52. The number of carboxylic acid groups (broad SMARTS) is 1. The Kier molecular flexibility index (Phi) is 2.73. The summed E-state index contributed by atoms with van der Waals surface area (Å²) < 4.78 is 0.908. The van der Waals surface area contributed by atoms with Crippen molar-refractivity contribution in [2.24, 2.45) is 0 Å². The number of hydrogen-bond acceptors (Lipinski definition) is 2. The maximum atomic E-state index is 10.7. The van der Waals surface area contributed by atoms with Gasteiger partial charge in [-0.05, 0) is 12.1 Å². The number of aliphatic carboxylic acids is 1. The normalized spacial score (nSPS) is 15.0. The lowest BCUT2D eigenvalue weighted by molar-refractivity contribution is -0.489. The lowest BCUT2D eigenvalue weighted by Gasteiger charge is -2.22. The van der Waals surface area contributed by atoms with E-state index in [-0.39, 0.29) is 0 Å². The van der Waals surface area contributed by atoms with Crippen LogP contribution in [0.4, 0.5) is 0 Å². The van der Waals surface area contributed by atoms with Gasteiger partial charge in [-0.3, -0.25) is 0 Å². The van der Waals surface area contributed by atoms with Crippen LogP contribution >= 0.6 is 15.9 Å². The number of quaternary nitrogens is 1. The minimum Gasteiger partial charge on any atom is -0.543 e. The molecule has 0 aliphatic heterocycles. The standard InChI is InChI=1S/C9H10BrNO2/c1-9(11,8(12)13)6-2-4-7(10)5-3-6/h2-5H,11H2,1H3,(H,12,13)/t9-/m1/s1. The zero-order valence-corrected chi connectivity index (χ0v) is 8.80. The van der Waals surface area contributed by atoms with Gasteiger partial charge < -0.3 is 15.6 Å². The maximum Gasteiger partial charge on any atom is 0.157 e. The Morgan fingerprint density at radius 2 is 1.92 bits per heavy atom. The highest BCUT2D eigenvalue weighted by atomic mass is 79.9. The first-order valence-corrected chi connectivity index (χ1v) is 4.57. The molecule has 70 valence electrons. The largest absolute Gasteiger partial charge is 0.543 e. The molecule has 1 aromatic carbocycles. The number of halogens is 1. The molecule has 0 heterocycles. The predicted octanol–water partition coefficient (Wildman–Crippen LogP) is -0.344. The van der Waals surface area contributed by atoms with Gasteiger partial charge in [-0.15, -0.1) is 0 Å². The van der Waals surface area contributed by atoms with Crippen LogP contribution in [0.2, 0.25) is 0 Å². The van der Waals surface area contributed by atoms with Gasteiger partial charge in [0.15, 0.2) is 5.54 Å². The summed E-state index contributed by atoms with van der Waals surface area (Å²) in [5.74, 6) is -1.17. The fourth-order valence-corrected chi connectivity index (χ4v) is 1.20. The van der Waals surface area contributed by atoms with Crippen LogP contribution in [0.1, 0.15) is 12.5 Å². The average Bonchev–Trinajstić information content (AvgIpc) is 2.04. The molecule has 0 aliphatic rings. The smallest absolute Gasteiger partial charge is 0.157 e. The third-order valence-corrected chi connectivity index (χ3v) is 2.46. The highest BCUT2D eigenvalue weighted by molar-refractivity contribution is 9.10. The van der Waals surface area contributed by atoms with Crippen LogP contribution in [0, 0.1) is 0 Å². The summed E-state index contributed by atoms with van der Waals surface area (Å²) in [5, 5.41) is 10.7. The molecule has 13 heavy (non-hydrogen) atoms. The van der Waals surface area contributed by atoms with Crippen LogP contribution in [-0.4, -0.2) is 5.97 Å². The van der Waals surface area contributed by atoms with Crippen molar-refractivity contribution in [3.63, 3.8) is 0 Å². The van der Waals surface area contributed by atoms with Gasteiger partial charge in [0.05, 0.1) is 0 Å². The summed E-state index contributed by atoms with van der Waals surface area (Å²) in [7, 11) is 0. The topological polar surface area (TPSA) is 67.8 Å². The van der Waals surface area contributed by atoms with E-state index in [0.29, 0.717) is 5.56 Å². The van der Waals surface area contributed by atoms with Crippen molar-refractivity contribution >= 4 is 21.9 Å². The van der Waals surface area contributed by atoms with Gasteiger partial charge in [-0.25, -0.2) is 0 Å². The van der Waals surface area contributed by atoms with E-state index in [4.69, 9.17) is 0 Å². The summed E-state index contributed by atoms with van der Waals surface area (Å²) in [6.07, 6.45) is 0. The second-order valence-electron chi connectivity index (χ2n) is 3.13. The van der Waals surface area contributed by atoms with Crippen molar-refractivity contribution < 1.29 is 15.6 Å². The Morgan fingerprint density at radius 3 is 2.31 bits per heavy atom. The van der Waals surface area contributed by atoms with Gasteiger partial charge in [-0.1, -0.05) is 28.1 Å². The lowest BCUT2D eigenvalue weighted by Crippen LogP contribution is -2.75. The molecule has 0 unspecified atom stereocenters. The Morgan fingerprint density at radius 1 is 1.46 bits per heavy atom. The SMILES string of the molecule is C[C@]([NH3+])(C(=O)[O-])c1ccc(Br)cc1. The Hall–Kier alpha value is -0.870. The second-order valence-corrected chi connectivity index (χ2v) is 4.04. The van der Waals surface area contributed by atoms with Crippen LogP contribution in [0.25, 0.3) is 0 Å². The Labute approximate surface area is 84.7 Å². The number of rotatable bonds is 2. The number of hydrogen-bond donors (Lipinski definition) is 1. The highest BCUT2D eigenvalue weighted by Gasteiger charge is 2.26. The van der Waals surface area contributed by atoms with Crippen molar-refractivity contribution in [2.45, 2.75) is 12.5 Å². The van der Waals surface area contributed by atoms with Crippen molar-refractivity contribution in [3.8, 4) is 0 Å². The van der Waals surface area contributed by atoms with Gasteiger partial charge in [0.1, 0.15) is 5.97 Å². The van der Waals surface area contributed by atoms with Crippen LogP contribution in [-0.2, 0) is 10.3 Å². The molecule has 3 nitrogen and oxygen atoms in total. The summed E-state index contributed by atoms with van der Waals surface area (Å²) in [6, 6.07) is 6.99. The molecule has 0 saturated carbocycles. The molecule has 1 atom stereocenters. The Balaban J connectivity index is 3.08. The molecule has 3 N–H and O–H groups in total. The first-order chi connectivity index (χ1) is 5.94. The molecular formula is C9H10BrNO2. The number of carbonyl (C=O) groups is 1. The van der Waals surface area contributed by atoms with Gasteiger partial charge in [-0.2, -0.15) is 0 Å². The van der Waals surface area contributed by atoms with Crippen molar-refractivity contribution in [2.75, 3.05) is 0 Å². The predicted molar refractivity (Wildman–Crippen MR) is 49.4 cm³/mol. The summed E-state index contributed by atoms with van der Waals surface area (Å²) in [5.41, 5.74) is 3.05. The highest BCUT2D eigenvalue weighted by Crippen LogP contribution is 2.17. The zero-order valence-electron chi connectivity index (χ0n) is 7.21. The quantitative estimate of drug-likeness (QED) is 0.773. The molecule has 1 aromatic rings. The second kappa shape index (κ2) is 3.47. The van der Waals surface area contributed by atoms with E-state index in [1.54, 1.807) is 24.3 Å². The first kappa shape index (κ1) is 10.2. The molecule has 0 spiro atoms. The van der Waals surface area contributed by atoms with Gasteiger partial charge in [0, 0.05) is 17.0 Å². The Bertz CT molecular complexity index is 319. The third-order valence-electron chi connectivity index (χ3n) is 1.93. The fraction of sp³-hybridized carbons (Fsp3) is 0.222. The van der Waals surface area contributed by atoms with E-state index in [2.05, 4.69) is 21.7 Å². The van der Waals surface area contributed by atoms with Crippen LogP contribution in [0.5, 0.6) is 0 Å². The molecular weight excluding hydrogens is 234 g/mol. The number of benzene rings is 1. The number of carboxylic acids is 1. The molecule has 0 radical (unpaired) electrons. The van der Waals surface area contributed by atoms with Crippen LogP contribution in [0.3, 0.4) is 0 Å². The maximum absolute atomic E-state index is 10.7. The van der Waals surface area contributed by atoms with E-state index in [9.17, 15) is 9.90 Å². The molecule has 0 fully saturated rings. The van der Waals surface area contributed by atoms with E-state index < -0.39 is 11.5 Å². The van der Waals surface area contributed by atoms with Gasteiger partial charge >= 0.3 is 0 Å². The van der Waals surface area contributed by atoms with E-state index >= 15 is 0 Å². The molecule has 0 amide bonds. The zero-order chi connectivity index (χ0) is 10.1. The average molecular weight is 244 g/mol. The molecule has 4 heteroatoms. The first-order valence-electron chi connectivity index (χ1n) is 3.77. The summed E-state index contributed by atoms with van der Waals surface area (Å²) in [4.78, 5) is 10.7. The molecule has 0 saturated heterocycles. The van der Waals surface area contributed by atoms with Crippen molar-refractivity contribution in [1.82, 2.24) is 0 Å². The van der Waals surface area contributed by atoms with E-state index in [0.717, 1.165) is 4.47 Å². The molecule has 1 rings (SSSR count). The number of carbonyl (C=O) groups excluding carboxylic acids is 1. The molecule has 0 bridgehead atoms. The fourth-order valence-electron chi connectivity index (χ4n) is 0.936. The summed E-state index contributed by atoms with van der Waals surface area (Å²) >= 11 is 3.27. The lowest BCUT2D eigenvalue weighted by atomic mass is 9.94. The monoisotopic (exact) mass is 243 g/mol. The van der Waals surface area contributed by atoms with Crippen molar-refractivity contribution in [1.29, 1.82) is 0 Å². The molecule has 0 aliphatic carbocycles.